The van der Waals surface area contributed by atoms with Crippen LogP contribution >= 0.6 is 0 Å². The fraction of sp³-hybridized carbons (Fsp3) is 0.647. The van der Waals surface area contributed by atoms with Crippen molar-refractivity contribution in [1.29, 1.82) is 0 Å². The fourth-order valence-corrected chi connectivity index (χ4v) is 4.75. The van der Waals surface area contributed by atoms with Gasteiger partial charge in [-0.25, -0.2) is 13.1 Å². The lowest BCUT2D eigenvalue weighted by atomic mass is 9.97. The summed E-state index contributed by atoms with van der Waals surface area (Å²) in [5.74, 6) is 0.724. The molecule has 4 nitrogen and oxygen atoms in total. The Labute approximate surface area is 134 Å². The molecule has 0 unspecified atom stereocenters. The summed E-state index contributed by atoms with van der Waals surface area (Å²) in [6.07, 6.45) is 7.77. The smallest absolute Gasteiger partial charge is 0.241 e. The Balaban J connectivity index is 2.21. The summed E-state index contributed by atoms with van der Waals surface area (Å²) in [5.41, 5.74) is 1.64. The lowest BCUT2D eigenvalue weighted by molar-refractivity contribution is 0.410. The van der Waals surface area contributed by atoms with E-state index >= 15 is 0 Å². The van der Waals surface area contributed by atoms with Crippen molar-refractivity contribution in [3.8, 4) is 5.75 Å². The van der Waals surface area contributed by atoms with E-state index in [4.69, 9.17) is 4.74 Å². The summed E-state index contributed by atoms with van der Waals surface area (Å²) >= 11 is 0. The Morgan fingerprint density at radius 2 is 1.59 bits per heavy atom. The summed E-state index contributed by atoms with van der Waals surface area (Å²) in [6, 6.07) is 3.44. The van der Waals surface area contributed by atoms with Crippen molar-refractivity contribution in [2.24, 2.45) is 0 Å². The third-order valence-electron chi connectivity index (χ3n) is 4.62. The molecule has 0 radical (unpaired) electrons. The number of hydrogen-bond acceptors (Lipinski definition) is 3. The monoisotopic (exact) mass is 325 g/mol. The van der Waals surface area contributed by atoms with Crippen LogP contribution in [0.25, 0.3) is 0 Å². The van der Waals surface area contributed by atoms with E-state index in [9.17, 15) is 8.42 Å². The SMILES string of the molecule is COc1ccc(S(=O)(=O)NC2CCCCCCC2)c(C)c1C. The maximum absolute atomic E-state index is 12.7. The van der Waals surface area contributed by atoms with Crippen molar-refractivity contribution in [2.75, 3.05) is 7.11 Å². The standard InChI is InChI=1S/C17H27NO3S/c1-13-14(2)17(12-11-16(13)21-3)22(19,20)18-15-9-7-5-4-6-8-10-15/h11-12,15,18H,4-10H2,1-3H3. The van der Waals surface area contributed by atoms with Gasteiger partial charge >= 0.3 is 0 Å². The zero-order chi connectivity index (χ0) is 16.2. The Hall–Kier alpha value is -1.07. The summed E-state index contributed by atoms with van der Waals surface area (Å²) in [5, 5.41) is 0. The minimum Gasteiger partial charge on any atom is -0.496 e. The van der Waals surface area contributed by atoms with Gasteiger partial charge in [0.05, 0.1) is 12.0 Å². The average Bonchev–Trinajstić information content (AvgIpc) is 2.44. The largest absolute Gasteiger partial charge is 0.496 e. The third-order valence-corrected chi connectivity index (χ3v) is 6.29. The van der Waals surface area contributed by atoms with E-state index in [-0.39, 0.29) is 6.04 Å². The zero-order valence-electron chi connectivity index (χ0n) is 13.8. The van der Waals surface area contributed by atoms with Gasteiger partial charge in [0.2, 0.25) is 10.0 Å². The predicted octanol–water partition coefficient (Wildman–Crippen LogP) is 3.70. The molecule has 1 saturated carbocycles. The van der Waals surface area contributed by atoms with Crippen molar-refractivity contribution in [3.05, 3.63) is 23.3 Å². The van der Waals surface area contributed by atoms with E-state index in [1.54, 1.807) is 19.2 Å². The summed E-state index contributed by atoms with van der Waals surface area (Å²) in [6.45, 7) is 3.73. The quantitative estimate of drug-likeness (QED) is 0.918. The molecule has 0 aliphatic heterocycles. The van der Waals surface area contributed by atoms with Crippen LogP contribution < -0.4 is 9.46 Å². The first kappa shape index (κ1) is 17.3. The molecular formula is C17H27NO3S. The number of nitrogens with one attached hydrogen (secondary N) is 1. The van der Waals surface area contributed by atoms with Gasteiger partial charge in [0.15, 0.2) is 0 Å². The first-order valence-corrected chi connectivity index (χ1v) is 9.60. The van der Waals surface area contributed by atoms with E-state index in [2.05, 4.69) is 4.72 Å². The van der Waals surface area contributed by atoms with Gasteiger partial charge in [-0.2, -0.15) is 0 Å². The highest BCUT2D eigenvalue weighted by Crippen LogP contribution is 2.27. The highest BCUT2D eigenvalue weighted by Gasteiger charge is 2.23. The minimum absolute atomic E-state index is 0.0621. The second-order valence-corrected chi connectivity index (χ2v) is 7.86. The molecule has 5 heteroatoms. The molecule has 1 aromatic carbocycles. The van der Waals surface area contributed by atoms with Gasteiger partial charge in [0.25, 0.3) is 0 Å². The fourth-order valence-electron chi connectivity index (χ4n) is 3.14. The summed E-state index contributed by atoms with van der Waals surface area (Å²) in [4.78, 5) is 0.368. The molecule has 0 bridgehead atoms. The van der Waals surface area contributed by atoms with Gasteiger partial charge in [0.1, 0.15) is 5.75 Å². The van der Waals surface area contributed by atoms with Crippen molar-refractivity contribution in [2.45, 2.75) is 69.7 Å². The number of hydrogen-bond donors (Lipinski definition) is 1. The highest BCUT2D eigenvalue weighted by molar-refractivity contribution is 7.89. The molecule has 0 atom stereocenters. The van der Waals surface area contributed by atoms with Crippen LogP contribution in [0.5, 0.6) is 5.75 Å². The number of sulfonamides is 1. The first-order valence-electron chi connectivity index (χ1n) is 8.12. The Kier molecular flexibility index (Phi) is 5.87. The van der Waals surface area contributed by atoms with E-state index in [0.29, 0.717) is 4.90 Å². The van der Waals surface area contributed by atoms with E-state index in [0.717, 1.165) is 42.6 Å². The van der Waals surface area contributed by atoms with Gasteiger partial charge in [-0.15, -0.1) is 0 Å². The van der Waals surface area contributed by atoms with E-state index < -0.39 is 10.0 Å². The van der Waals surface area contributed by atoms with Crippen LogP contribution in [0.1, 0.15) is 56.1 Å². The van der Waals surface area contributed by atoms with Crippen molar-refractivity contribution in [3.63, 3.8) is 0 Å². The van der Waals surface area contributed by atoms with Crippen LogP contribution in [0.4, 0.5) is 0 Å². The topological polar surface area (TPSA) is 55.4 Å². The zero-order valence-corrected chi connectivity index (χ0v) is 14.6. The van der Waals surface area contributed by atoms with Gasteiger partial charge in [-0.05, 0) is 49.9 Å². The Bertz CT molecular complexity index is 603. The normalized spacial score (nSPS) is 17.8. The molecule has 2 rings (SSSR count). The van der Waals surface area contributed by atoms with E-state index in [1.807, 2.05) is 13.8 Å². The second-order valence-electron chi connectivity index (χ2n) is 6.18. The maximum atomic E-state index is 12.7. The van der Waals surface area contributed by atoms with Gasteiger partial charge in [-0.3, -0.25) is 0 Å². The number of methoxy groups -OCH3 is 1. The molecule has 0 aromatic heterocycles. The first-order chi connectivity index (χ1) is 10.5. The molecule has 0 heterocycles. The predicted molar refractivity (Wildman–Crippen MR) is 88.9 cm³/mol. The molecule has 1 aliphatic rings. The van der Waals surface area contributed by atoms with Crippen molar-refractivity contribution < 1.29 is 13.2 Å². The Morgan fingerprint density at radius 1 is 1.00 bits per heavy atom. The Morgan fingerprint density at radius 3 is 2.18 bits per heavy atom. The second kappa shape index (κ2) is 7.47. The lowest BCUT2D eigenvalue weighted by Crippen LogP contribution is -2.35. The van der Waals surface area contributed by atoms with Gasteiger partial charge < -0.3 is 4.74 Å². The number of benzene rings is 1. The average molecular weight is 325 g/mol. The molecule has 1 fully saturated rings. The van der Waals surface area contributed by atoms with Crippen LogP contribution in [-0.4, -0.2) is 21.6 Å². The van der Waals surface area contributed by atoms with Crippen LogP contribution in [0.2, 0.25) is 0 Å². The molecule has 0 saturated heterocycles. The molecule has 0 spiro atoms. The summed E-state index contributed by atoms with van der Waals surface area (Å²) in [7, 11) is -1.87. The van der Waals surface area contributed by atoms with Crippen molar-refractivity contribution in [1.82, 2.24) is 4.72 Å². The van der Waals surface area contributed by atoms with Gasteiger partial charge in [-0.1, -0.05) is 32.1 Å². The lowest BCUT2D eigenvalue weighted by Gasteiger charge is -2.22. The van der Waals surface area contributed by atoms with Crippen molar-refractivity contribution >= 4 is 10.0 Å². The maximum Gasteiger partial charge on any atom is 0.241 e. The van der Waals surface area contributed by atoms with E-state index in [1.165, 1.54) is 19.3 Å². The minimum atomic E-state index is -3.47. The molecular weight excluding hydrogens is 298 g/mol. The highest BCUT2D eigenvalue weighted by atomic mass is 32.2. The molecule has 1 aliphatic carbocycles. The third kappa shape index (κ3) is 4.02. The molecule has 1 aromatic rings. The number of ether oxygens (including phenoxy) is 1. The van der Waals surface area contributed by atoms with Crippen LogP contribution in [0.3, 0.4) is 0 Å². The summed E-state index contributed by atoms with van der Waals surface area (Å²) < 4.78 is 33.6. The molecule has 22 heavy (non-hydrogen) atoms. The number of rotatable bonds is 4. The molecule has 0 amide bonds. The van der Waals surface area contributed by atoms with Gasteiger partial charge in [0, 0.05) is 6.04 Å². The van der Waals surface area contributed by atoms with Crippen LogP contribution in [-0.2, 0) is 10.0 Å². The molecule has 1 N–H and O–H groups in total. The van der Waals surface area contributed by atoms with Crippen LogP contribution in [0, 0.1) is 13.8 Å². The van der Waals surface area contributed by atoms with Crippen LogP contribution in [0.15, 0.2) is 17.0 Å². The molecule has 124 valence electrons.